The van der Waals surface area contributed by atoms with Crippen LogP contribution >= 0.6 is 0 Å². The Morgan fingerprint density at radius 1 is 1.05 bits per heavy atom. The second-order valence-corrected chi connectivity index (χ2v) is 5.17. The van der Waals surface area contributed by atoms with Crippen LogP contribution in [-0.2, 0) is 6.54 Å². The SMILES string of the molecule is Cc1nccn1C[CH]C(c1ccncc1)c1ccc(F)cc1. The minimum atomic E-state index is -0.220. The molecule has 2 aromatic heterocycles. The Balaban J connectivity index is 1.86. The average Bonchev–Trinajstić information content (AvgIpc) is 2.96. The Labute approximate surface area is 129 Å². The zero-order valence-electron chi connectivity index (χ0n) is 12.4. The molecule has 1 aromatic carbocycles. The van der Waals surface area contributed by atoms with Crippen molar-refractivity contribution in [3.8, 4) is 0 Å². The molecule has 1 atom stereocenters. The van der Waals surface area contributed by atoms with Crippen LogP contribution in [0.1, 0.15) is 22.9 Å². The summed E-state index contributed by atoms with van der Waals surface area (Å²) in [4.78, 5) is 8.31. The van der Waals surface area contributed by atoms with E-state index in [1.165, 1.54) is 12.1 Å². The van der Waals surface area contributed by atoms with E-state index in [1.54, 1.807) is 18.6 Å². The van der Waals surface area contributed by atoms with E-state index in [-0.39, 0.29) is 11.7 Å². The first-order chi connectivity index (χ1) is 10.7. The number of halogens is 1. The molecule has 0 aliphatic heterocycles. The summed E-state index contributed by atoms with van der Waals surface area (Å²) >= 11 is 0. The van der Waals surface area contributed by atoms with Crippen LogP contribution in [0.4, 0.5) is 4.39 Å². The van der Waals surface area contributed by atoms with Gasteiger partial charge in [-0.1, -0.05) is 12.1 Å². The number of pyridine rings is 1. The minimum Gasteiger partial charge on any atom is -0.335 e. The summed E-state index contributed by atoms with van der Waals surface area (Å²) in [5, 5.41) is 0. The van der Waals surface area contributed by atoms with E-state index in [4.69, 9.17) is 0 Å². The standard InChI is InChI=1S/C18H17FN3/c1-14-21-11-13-22(14)12-8-18(16-6-9-20-10-7-16)15-2-4-17(19)5-3-15/h2-11,13,18H,12H2,1H3. The lowest BCUT2D eigenvalue weighted by Crippen LogP contribution is -2.08. The fourth-order valence-electron chi connectivity index (χ4n) is 2.52. The van der Waals surface area contributed by atoms with Crippen LogP contribution in [0.5, 0.6) is 0 Å². The van der Waals surface area contributed by atoms with E-state index in [0.717, 1.165) is 23.5 Å². The quantitative estimate of drug-likeness (QED) is 0.717. The van der Waals surface area contributed by atoms with Crippen molar-refractivity contribution in [3.05, 3.63) is 90.4 Å². The fraction of sp³-hybridized carbons (Fsp3) is 0.167. The zero-order valence-corrected chi connectivity index (χ0v) is 12.4. The Morgan fingerprint density at radius 3 is 2.36 bits per heavy atom. The summed E-state index contributed by atoms with van der Waals surface area (Å²) in [5.74, 6) is 0.844. The molecule has 0 amide bonds. The van der Waals surface area contributed by atoms with Gasteiger partial charge in [0.1, 0.15) is 11.6 Å². The second kappa shape index (κ2) is 6.52. The normalized spacial score (nSPS) is 12.3. The zero-order chi connectivity index (χ0) is 15.4. The van der Waals surface area contributed by atoms with Gasteiger partial charge < -0.3 is 4.57 Å². The molecule has 22 heavy (non-hydrogen) atoms. The molecule has 1 unspecified atom stereocenters. The topological polar surface area (TPSA) is 30.7 Å². The maximum absolute atomic E-state index is 13.2. The van der Waals surface area contributed by atoms with E-state index in [1.807, 2.05) is 37.4 Å². The number of hydrogen-bond acceptors (Lipinski definition) is 2. The average molecular weight is 294 g/mol. The van der Waals surface area contributed by atoms with Gasteiger partial charge in [0.25, 0.3) is 0 Å². The van der Waals surface area contributed by atoms with Crippen molar-refractivity contribution in [1.82, 2.24) is 14.5 Å². The van der Waals surface area contributed by atoms with Crippen LogP contribution in [-0.4, -0.2) is 14.5 Å². The molecule has 0 aliphatic rings. The van der Waals surface area contributed by atoms with Crippen LogP contribution in [0.25, 0.3) is 0 Å². The maximum Gasteiger partial charge on any atom is 0.123 e. The molecule has 0 bridgehead atoms. The van der Waals surface area contributed by atoms with Crippen molar-refractivity contribution in [3.63, 3.8) is 0 Å². The summed E-state index contributed by atoms with van der Waals surface area (Å²) in [6.07, 6.45) is 9.52. The number of imidazole rings is 1. The molecule has 0 saturated carbocycles. The molecule has 1 radical (unpaired) electrons. The summed E-state index contributed by atoms with van der Waals surface area (Å²) in [6.45, 7) is 2.73. The first-order valence-corrected chi connectivity index (χ1v) is 7.20. The molecule has 0 aliphatic carbocycles. The van der Waals surface area contributed by atoms with Crippen molar-refractivity contribution < 1.29 is 4.39 Å². The first kappa shape index (κ1) is 14.4. The van der Waals surface area contributed by atoms with Crippen LogP contribution < -0.4 is 0 Å². The largest absolute Gasteiger partial charge is 0.335 e. The predicted molar refractivity (Wildman–Crippen MR) is 83.7 cm³/mol. The molecule has 0 spiro atoms. The van der Waals surface area contributed by atoms with Crippen LogP contribution in [0, 0.1) is 19.2 Å². The van der Waals surface area contributed by atoms with E-state index in [2.05, 4.69) is 21.0 Å². The molecule has 0 fully saturated rings. The van der Waals surface area contributed by atoms with E-state index < -0.39 is 0 Å². The van der Waals surface area contributed by atoms with Gasteiger partial charge in [0.05, 0.1) is 0 Å². The van der Waals surface area contributed by atoms with Gasteiger partial charge in [-0.3, -0.25) is 4.98 Å². The van der Waals surface area contributed by atoms with E-state index in [0.29, 0.717) is 0 Å². The highest BCUT2D eigenvalue weighted by atomic mass is 19.1. The lowest BCUT2D eigenvalue weighted by molar-refractivity contribution is 0.626. The van der Waals surface area contributed by atoms with Gasteiger partial charge in [0.2, 0.25) is 0 Å². The molecular weight excluding hydrogens is 277 g/mol. The highest BCUT2D eigenvalue weighted by Crippen LogP contribution is 2.27. The van der Waals surface area contributed by atoms with Gasteiger partial charge in [-0.15, -0.1) is 0 Å². The summed E-state index contributed by atoms with van der Waals surface area (Å²) < 4.78 is 15.3. The van der Waals surface area contributed by atoms with Crippen molar-refractivity contribution >= 4 is 0 Å². The smallest absolute Gasteiger partial charge is 0.123 e. The van der Waals surface area contributed by atoms with E-state index in [9.17, 15) is 4.39 Å². The predicted octanol–water partition coefficient (Wildman–Crippen LogP) is 3.76. The molecule has 3 aromatic rings. The number of aromatic nitrogens is 3. The van der Waals surface area contributed by atoms with Crippen molar-refractivity contribution in [2.24, 2.45) is 0 Å². The highest BCUT2D eigenvalue weighted by Gasteiger charge is 2.15. The molecule has 2 heterocycles. The molecule has 0 N–H and O–H groups in total. The van der Waals surface area contributed by atoms with Crippen molar-refractivity contribution in [2.45, 2.75) is 19.4 Å². The third kappa shape index (κ3) is 3.22. The van der Waals surface area contributed by atoms with Gasteiger partial charge >= 0.3 is 0 Å². The monoisotopic (exact) mass is 294 g/mol. The number of benzene rings is 1. The molecule has 3 nitrogen and oxygen atoms in total. The number of nitrogens with zero attached hydrogens (tertiary/aromatic N) is 3. The second-order valence-electron chi connectivity index (χ2n) is 5.17. The summed E-state index contributed by atoms with van der Waals surface area (Å²) in [6, 6.07) is 10.6. The molecule has 3 rings (SSSR count). The molecule has 0 saturated heterocycles. The number of aryl methyl sites for hydroxylation is 1. The van der Waals surface area contributed by atoms with Gasteiger partial charge in [0.15, 0.2) is 0 Å². The number of rotatable bonds is 5. The Morgan fingerprint density at radius 2 is 1.73 bits per heavy atom. The van der Waals surface area contributed by atoms with Gasteiger partial charge in [-0.05, 0) is 48.7 Å². The van der Waals surface area contributed by atoms with Gasteiger partial charge in [-0.2, -0.15) is 0 Å². The fourth-order valence-corrected chi connectivity index (χ4v) is 2.52. The molecule has 111 valence electrons. The molecular formula is C18H17FN3. The Bertz CT molecular complexity index is 720. The Hall–Kier alpha value is -2.49. The highest BCUT2D eigenvalue weighted by molar-refractivity contribution is 5.34. The lowest BCUT2D eigenvalue weighted by atomic mass is 9.89. The van der Waals surface area contributed by atoms with Gasteiger partial charge in [0, 0.05) is 37.3 Å². The van der Waals surface area contributed by atoms with Crippen LogP contribution in [0.15, 0.2) is 61.2 Å². The van der Waals surface area contributed by atoms with E-state index >= 15 is 0 Å². The maximum atomic E-state index is 13.2. The van der Waals surface area contributed by atoms with Crippen LogP contribution in [0.2, 0.25) is 0 Å². The first-order valence-electron chi connectivity index (χ1n) is 7.20. The third-order valence-corrected chi connectivity index (χ3v) is 3.76. The summed E-state index contributed by atoms with van der Waals surface area (Å²) in [5.41, 5.74) is 2.20. The Kier molecular flexibility index (Phi) is 4.28. The van der Waals surface area contributed by atoms with Crippen LogP contribution in [0.3, 0.4) is 0 Å². The number of hydrogen-bond donors (Lipinski definition) is 0. The molecule has 4 heteroatoms. The van der Waals surface area contributed by atoms with Gasteiger partial charge in [-0.25, -0.2) is 9.37 Å². The van der Waals surface area contributed by atoms with Crippen molar-refractivity contribution in [2.75, 3.05) is 0 Å². The summed E-state index contributed by atoms with van der Waals surface area (Å²) in [7, 11) is 0. The lowest BCUT2D eigenvalue weighted by Gasteiger charge is -2.18. The van der Waals surface area contributed by atoms with Crippen molar-refractivity contribution in [1.29, 1.82) is 0 Å². The third-order valence-electron chi connectivity index (χ3n) is 3.76. The minimum absolute atomic E-state index is 0.0883.